The highest BCUT2D eigenvalue weighted by atomic mass is 32.1. The fourth-order valence-electron chi connectivity index (χ4n) is 2.12. The van der Waals surface area contributed by atoms with Gasteiger partial charge in [0.25, 0.3) is 0 Å². The van der Waals surface area contributed by atoms with Gasteiger partial charge >= 0.3 is 5.97 Å². The van der Waals surface area contributed by atoms with Crippen LogP contribution >= 0.6 is 11.3 Å². The summed E-state index contributed by atoms with van der Waals surface area (Å²) in [5, 5.41) is 11.4. The Bertz CT molecular complexity index is 378. The minimum Gasteiger partial charge on any atom is -0.476 e. The van der Waals surface area contributed by atoms with E-state index in [1.807, 2.05) is 0 Å². The van der Waals surface area contributed by atoms with Crippen molar-refractivity contribution in [2.24, 2.45) is 5.92 Å². The molecule has 1 fully saturated rings. The molecule has 88 valence electrons. The summed E-state index contributed by atoms with van der Waals surface area (Å²) in [6, 6.07) is 0. The van der Waals surface area contributed by atoms with E-state index in [-0.39, 0.29) is 5.69 Å². The number of rotatable bonds is 4. The quantitative estimate of drug-likeness (QED) is 0.870. The predicted octanol–water partition coefficient (Wildman–Crippen LogP) is 1.73. The van der Waals surface area contributed by atoms with Crippen LogP contribution in [0.3, 0.4) is 0 Å². The van der Waals surface area contributed by atoms with Crippen molar-refractivity contribution in [2.45, 2.75) is 19.8 Å². The van der Waals surface area contributed by atoms with Crippen LogP contribution in [0.25, 0.3) is 0 Å². The van der Waals surface area contributed by atoms with E-state index in [9.17, 15) is 4.79 Å². The van der Waals surface area contributed by atoms with Gasteiger partial charge in [0.05, 0.1) is 5.01 Å². The van der Waals surface area contributed by atoms with Crippen LogP contribution in [0.2, 0.25) is 0 Å². The van der Waals surface area contributed by atoms with Gasteiger partial charge < -0.3 is 10.0 Å². The van der Waals surface area contributed by atoms with Gasteiger partial charge in [-0.15, -0.1) is 11.3 Å². The van der Waals surface area contributed by atoms with Crippen LogP contribution in [0.4, 0.5) is 0 Å². The van der Waals surface area contributed by atoms with Crippen LogP contribution in [-0.2, 0) is 6.42 Å². The molecule has 1 unspecified atom stereocenters. The van der Waals surface area contributed by atoms with Gasteiger partial charge in [-0.25, -0.2) is 9.78 Å². The second kappa shape index (κ2) is 4.93. The largest absolute Gasteiger partial charge is 0.476 e. The van der Waals surface area contributed by atoms with Crippen LogP contribution in [0, 0.1) is 5.92 Å². The maximum absolute atomic E-state index is 10.7. The summed E-state index contributed by atoms with van der Waals surface area (Å²) in [4.78, 5) is 17.2. The van der Waals surface area contributed by atoms with Crippen molar-refractivity contribution < 1.29 is 9.90 Å². The molecule has 2 rings (SSSR count). The van der Waals surface area contributed by atoms with Gasteiger partial charge in [0.1, 0.15) is 0 Å². The van der Waals surface area contributed by atoms with Crippen molar-refractivity contribution in [3.63, 3.8) is 0 Å². The van der Waals surface area contributed by atoms with Crippen LogP contribution in [0.15, 0.2) is 5.38 Å². The molecule has 2 heterocycles. The molecule has 1 N–H and O–H groups in total. The fourth-order valence-corrected chi connectivity index (χ4v) is 3.00. The molecule has 1 aliphatic heterocycles. The molecule has 4 nitrogen and oxygen atoms in total. The average molecular weight is 240 g/mol. The molecule has 16 heavy (non-hydrogen) atoms. The van der Waals surface area contributed by atoms with Gasteiger partial charge in [0.15, 0.2) is 5.69 Å². The van der Waals surface area contributed by atoms with Gasteiger partial charge in [-0.3, -0.25) is 0 Å². The average Bonchev–Trinajstić information content (AvgIpc) is 2.87. The summed E-state index contributed by atoms with van der Waals surface area (Å²) in [7, 11) is 0. The van der Waals surface area contributed by atoms with Crippen LogP contribution < -0.4 is 0 Å². The van der Waals surface area contributed by atoms with E-state index in [0.29, 0.717) is 5.92 Å². The second-order valence-electron chi connectivity index (χ2n) is 4.18. The number of thiazole rings is 1. The normalized spacial score (nSPS) is 21.4. The zero-order valence-electron chi connectivity index (χ0n) is 9.35. The molecule has 1 atom stereocenters. The Kier molecular flexibility index (Phi) is 3.56. The molecule has 1 aromatic heterocycles. The van der Waals surface area contributed by atoms with Gasteiger partial charge in [0, 0.05) is 18.3 Å². The summed E-state index contributed by atoms with van der Waals surface area (Å²) in [6.45, 7) is 5.57. The van der Waals surface area contributed by atoms with E-state index >= 15 is 0 Å². The first-order valence-electron chi connectivity index (χ1n) is 5.59. The number of hydrogen-bond acceptors (Lipinski definition) is 4. The van der Waals surface area contributed by atoms with Gasteiger partial charge in [0.2, 0.25) is 0 Å². The molecule has 0 bridgehead atoms. The van der Waals surface area contributed by atoms with Crippen LogP contribution in [-0.4, -0.2) is 40.6 Å². The summed E-state index contributed by atoms with van der Waals surface area (Å²) >= 11 is 1.46. The number of carboxylic acids is 1. The predicted molar refractivity (Wildman–Crippen MR) is 63.0 cm³/mol. The van der Waals surface area contributed by atoms with E-state index in [1.54, 1.807) is 5.38 Å². The van der Waals surface area contributed by atoms with Gasteiger partial charge in [-0.2, -0.15) is 0 Å². The maximum atomic E-state index is 10.7. The molecule has 0 radical (unpaired) electrons. The van der Waals surface area contributed by atoms with Crippen molar-refractivity contribution in [3.05, 3.63) is 16.1 Å². The monoisotopic (exact) mass is 240 g/mol. The second-order valence-corrected chi connectivity index (χ2v) is 5.13. The molecule has 0 aliphatic carbocycles. The molecular weight excluding hydrogens is 224 g/mol. The first kappa shape index (κ1) is 11.5. The van der Waals surface area contributed by atoms with Gasteiger partial charge in [-0.05, 0) is 25.4 Å². The van der Waals surface area contributed by atoms with E-state index < -0.39 is 5.97 Å². The van der Waals surface area contributed by atoms with Crippen molar-refractivity contribution in [1.82, 2.24) is 9.88 Å². The minimum absolute atomic E-state index is 0.186. The molecule has 0 aromatic carbocycles. The van der Waals surface area contributed by atoms with E-state index in [1.165, 1.54) is 24.3 Å². The molecule has 1 aliphatic rings. The zero-order chi connectivity index (χ0) is 11.5. The third-order valence-electron chi connectivity index (χ3n) is 3.05. The number of carboxylic acid groups (broad SMARTS) is 1. The van der Waals surface area contributed by atoms with Crippen molar-refractivity contribution >= 4 is 17.3 Å². The van der Waals surface area contributed by atoms with Crippen molar-refractivity contribution in [2.75, 3.05) is 19.6 Å². The number of nitrogens with zero attached hydrogens (tertiary/aromatic N) is 2. The number of carbonyl (C=O) groups is 1. The minimum atomic E-state index is -0.927. The first-order valence-corrected chi connectivity index (χ1v) is 6.47. The van der Waals surface area contributed by atoms with E-state index in [2.05, 4.69) is 16.8 Å². The lowest BCUT2D eigenvalue weighted by Gasteiger charge is -2.11. The standard InChI is InChI=1S/C11H16N2O2S/c1-2-13-4-3-8(6-13)5-10-12-9(7-16-10)11(14)15/h7-8H,2-6H2,1H3,(H,14,15). The molecule has 0 spiro atoms. The summed E-state index contributed by atoms with van der Waals surface area (Å²) in [5.74, 6) is -0.281. The molecule has 0 amide bonds. The molecule has 1 aromatic rings. The number of hydrogen-bond donors (Lipinski definition) is 1. The lowest BCUT2D eigenvalue weighted by Crippen LogP contribution is -2.20. The Balaban J connectivity index is 1.92. The smallest absolute Gasteiger partial charge is 0.355 e. The summed E-state index contributed by atoms with van der Waals surface area (Å²) in [6.07, 6.45) is 2.13. The highest BCUT2D eigenvalue weighted by Crippen LogP contribution is 2.22. The highest BCUT2D eigenvalue weighted by Gasteiger charge is 2.22. The number of aromatic carboxylic acids is 1. The maximum Gasteiger partial charge on any atom is 0.355 e. The lowest BCUT2D eigenvalue weighted by molar-refractivity contribution is 0.0691. The third kappa shape index (κ3) is 2.59. The Morgan fingerprint density at radius 2 is 2.56 bits per heavy atom. The summed E-state index contributed by atoms with van der Waals surface area (Å²) < 4.78 is 0. The first-order chi connectivity index (χ1) is 7.69. The van der Waals surface area contributed by atoms with Gasteiger partial charge in [-0.1, -0.05) is 6.92 Å². The van der Waals surface area contributed by atoms with E-state index in [4.69, 9.17) is 5.11 Å². The topological polar surface area (TPSA) is 53.4 Å². The zero-order valence-corrected chi connectivity index (χ0v) is 10.2. The molecule has 5 heteroatoms. The third-order valence-corrected chi connectivity index (χ3v) is 3.92. The van der Waals surface area contributed by atoms with Crippen LogP contribution in [0.1, 0.15) is 28.8 Å². The lowest BCUT2D eigenvalue weighted by atomic mass is 10.1. The highest BCUT2D eigenvalue weighted by molar-refractivity contribution is 7.09. The Morgan fingerprint density at radius 3 is 3.12 bits per heavy atom. The molecular formula is C11H16N2O2S. The fraction of sp³-hybridized carbons (Fsp3) is 0.636. The Hall–Kier alpha value is -0.940. The SMILES string of the molecule is CCN1CCC(Cc2nc(C(=O)O)cs2)C1. The molecule has 0 saturated carbocycles. The number of likely N-dealkylation sites (tertiary alicyclic amines) is 1. The van der Waals surface area contributed by atoms with Crippen LogP contribution in [0.5, 0.6) is 0 Å². The summed E-state index contributed by atoms with van der Waals surface area (Å²) in [5.41, 5.74) is 0.186. The Morgan fingerprint density at radius 1 is 1.75 bits per heavy atom. The van der Waals surface area contributed by atoms with Crippen molar-refractivity contribution in [3.8, 4) is 0 Å². The van der Waals surface area contributed by atoms with Crippen molar-refractivity contribution in [1.29, 1.82) is 0 Å². The molecule has 1 saturated heterocycles. The van der Waals surface area contributed by atoms with E-state index in [0.717, 1.165) is 24.5 Å². The number of aromatic nitrogens is 1. The Labute approximate surface area is 98.9 Å².